The van der Waals surface area contributed by atoms with Crippen molar-refractivity contribution in [3.05, 3.63) is 16.3 Å². The maximum absolute atomic E-state index is 12.6. The van der Waals surface area contributed by atoms with E-state index < -0.39 is 10.0 Å². The topological polar surface area (TPSA) is 49.4 Å². The predicted octanol–water partition coefficient (Wildman–Crippen LogP) is 1.89. The lowest BCUT2D eigenvalue weighted by Crippen LogP contribution is -2.38. The number of nitrogens with zero attached hydrogens (tertiary/aromatic N) is 1. The van der Waals surface area contributed by atoms with Gasteiger partial charge in [0.15, 0.2) is 0 Å². The van der Waals surface area contributed by atoms with Crippen LogP contribution in [0.25, 0.3) is 0 Å². The second kappa shape index (κ2) is 5.69. The van der Waals surface area contributed by atoms with Crippen LogP contribution in [-0.2, 0) is 16.6 Å². The SMILES string of the molecule is CNCc1sccc1S(=O)(=O)N1CCC(C)CC1. The molecule has 0 saturated carbocycles. The van der Waals surface area contributed by atoms with E-state index in [1.165, 1.54) is 11.3 Å². The quantitative estimate of drug-likeness (QED) is 0.920. The van der Waals surface area contributed by atoms with Gasteiger partial charge >= 0.3 is 0 Å². The molecule has 0 aromatic carbocycles. The second-order valence-corrected chi connectivity index (χ2v) is 7.73. The van der Waals surface area contributed by atoms with Gasteiger partial charge in [0, 0.05) is 24.5 Å². The summed E-state index contributed by atoms with van der Waals surface area (Å²) >= 11 is 1.50. The monoisotopic (exact) mass is 288 g/mol. The summed E-state index contributed by atoms with van der Waals surface area (Å²) in [4.78, 5) is 1.38. The Kier molecular flexibility index (Phi) is 4.42. The predicted molar refractivity (Wildman–Crippen MR) is 74.2 cm³/mol. The fourth-order valence-electron chi connectivity index (χ4n) is 2.21. The van der Waals surface area contributed by atoms with Crippen molar-refractivity contribution in [2.75, 3.05) is 20.1 Å². The minimum absolute atomic E-state index is 0.483. The van der Waals surface area contributed by atoms with Crippen LogP contribution in [0.15, 0.2) is 16.3 Å². The molecule has 4 nitrogen and oxygen atoms in total. The number of rotatable bonds is 4. The number of sulfonamides is 1. The highest BCUT2D eigenvalue weighted by atomic mass is 32.2. The fraction of sp³-hybridized carbons (Fsp3) is 0.667. The Morgan fingerprint density at radius 1 is 1.44 bits per heavy atom. The van der Waals surface area contributed by atoms with Gasteiger partial charge in [-0.15, -0.1) is 11.3 Å². The second-order valence-electron chi connectivity index (χ2n) is 4.82. The van der Waals surface area contributed by atoms with Crippen LogP contribution < -0.4 is 5.32 Å². The first-order valence-corrected chi connectivity index (χ1v) is 8.58. The summed E-state index contributed by atoms with van der Waals surface area (Å²) in [6, 6.07) is 1.73. The lowest BCUT2D eigenvalue weighted by atomic mass is 10.0. The van der Waals surface area contributed by atoms with Crippen LogP contribution in [0.3, 0.4) is 0 Å². The summed E-state index contributed by atoms with van der Waals surface area (Å²) < 4.78 is 26.7. The highest BCUT2D eigenvalue weighted by molar-refractivity contribution is 7.89. The van der Waals surface area contributed by atoms with E-state index in [-0.39, 0.29) is 0 Å². The van der Waals surface area contributed by atoms with Gasteiger partial charge in [-0.2, -0.15) is 4.31 Å². The number of hydrogen-bond donors (Lipinski definition) is 1. The van der Waals surface area contributed by atoms with Crippen LogP contribution in [0.4, 0.5) is 0 Å². The number of nitrogens with one attached hydrogen (secondary N) is 1. The lowest BCUT2D eigenvalue weighted by Gasteiger charge is -2.29. The number of hydrogen-bond acceptors (Lipinski definition) is 4. The number of thiophene rings is 1. The van der Waals surface area contributed by atoms with Crippen molar-refractivity contribution in [1.29, 1.82) is 0 Å². The maximum Gasteiger partial charge on any atom is 0.244 e. The van der Waals surface area contributed by atoms with Crippen molar-refractivity contribution in [3.8, 4) is 0 Å². The molecule has 1 saturated heterocycles. The molecular formula is C12H20N2O2S2. The zero-order chi connectivity index (χ0) is 13.2. The molecule has 102 valence electrons. The van der Waals surface area contributed by atoms with Crippen molar-refractivity contribution in [1.82, 2.24) is 9.62 Å². The molecule has 1 aromatic rings. The zero-order valence-corrected chi connectivity index (χ0v) is 12.5. The van der Waals surface area contributed by atoms with E-state index in [4.69, 9.17) is 0 Å². The van der Waals surface area contributed by atoms with Crippen molar-refractivity contribution in [3.63, 3.8) is 0 Å². The lowest BCUT2D eigenvalue weighted by molar-refractivity contribution is 0.288. The molecule has 1 aliphatic rings. The molecule has 0 radical (unpaired) electrons. The Bertz CT molecular complexity index is 488. The average Bonchev–Trinajstić information content (AvgIpc) is 2.79. The molecule has 0 spiro atoms. The third kappa shape index (κ3) is 2.77. The van der Waals surface area contributed by atoms with Crippen LogP contribution in [0.1, 0.15) is 24.6 Å². The highest BCUT2D eigenvalue weighted by Gasteiger charge is 2.30. The van der Waals surface area contributed by atoms with Gasteiger partial charge in [-0.1, -0.05) is 6.92 Å². The molecule has 0 unspecified atom stereocenters. The molecule has 0 amide bonds. The molecule has 0 atom stereocenters. The molecule has 1 aliphatic heterocycles. The Balaban J connectivity index is 2.22. The van der Waals surface area contributed by atoms with E-state index in [0.29, 0.717) is 30.4 Å². The summed E-state index contributed by atoms with van der Waals surface area (Å²) in [5, 5.41) is 4.87. The normalized spacial score (nSPS) is 19.2. The smallest absolute Gasteiger partial charge is 0.244 e. The Morgan fingerprint density at radius 3 is 2.72 bits per heavy atom. The van der Waals surface area contributed by atoms with Crippen molar-refractivity contribution < 1.29 is 8.42 Å². The first-order chi connectivity index (χ1) is 8.55. The van der Waals surface area contributed by atoms with E-state index in [1.54, 1.807) is 10.4 Å². The molecule has 0 bridgehead atoms. The summed E-state index contributed by atoms with van der Waals surface area (Å²) in [6.45, 7) is 4.09. The molecule has 2 heterocycles. The summed E-state index contributed by atoms with van der Waals surface area (Å²) in [5.74, 6) is 0.635. The van der Waals surface area contributed by atoms with E-state index in [2.05, 4.69) is 12.2 Å². The van der Waals surface area contributed by atoms with Gasteiger partial charge in [0.1, 0.15) is 0 Å². The van der Waals surface area contributed by atoms with Gasteiger partial charge in [0.25, 0.3) is 0 Å². The Morgan fingerprint density at radius 2 is 2.11 bits per heavy atom. The molecule has 1 fully saturated rings. The average molecular weight is 288 g/mol. The molecule has 0 aliphatic carbocycles. The van der Waals surface area contributed by atoms with Gasteiger partial charge in [0.05, 0.1) is 4.90 Å². The summed E-state index contributed by atoms with van der Waals surface area (Å²) in [7, 11) is -1.46. The molecule has 1 aromatic heterocycles. The maximum atomic E-state index is 12.6. The third-order valence-corrected chi connectivity index (χ3v) is 6.44. The minimum Gasteiger partial charge on any atom is -0.315 e. The Labute approximate surface area is 113 Å². The first-order valence-electron chi connectivity index (χ1n) is 6.27. The standard InChI is InChI=1S/C12H20N2O2S2/c1-10-3-6-14(7-4-10)18(15,16)12-5-8-17-11(12)9-13-2/h5,8,10,13H,3-4,6-7,9H2,1-2H3. The summed E-state index contributed by atoms with van der Waals surface area (Å²) in [6.07, 6.45) is 1.93. The van der Waals surface area contributed by atoms with Gasteiger partial charge < -0.3 is 5.32 Å². The van der Waals surface area contributed by atoms with Crippen LogP contribution >= 0.6 is 11.3 Å². The molecule has 1 N–H and O–H groups in total. The van der Waals surface area contributed by atoms with Gasteiger partial charge in [-0.25, -0.2) is 8.42 Å². The van der Waals surface area contributed by atoms with E-state index >= 15 is 0 Å². The van der Waals surface area contributed by atoms with E-state index in [1.807, 2.05) is 12.4 Å². The molecular weight excluding hydrogens is 268 g/mol. The molecule has 6 heteroatoms. The van der Waals surface area contributed by atoms with Crippen molar-refractivity contribution in [2.45, 2.75) is 31.2 Å². The van der Waals surface area contributed by atoms with E-state index in [9.17, 15) is 8.42 Å². The first kappa shape index (κ1) is 14.0. The van der Waals surface area contributed by atoms with Crippen LogP contribution in [-0.4, -0.2) is 32.9 Å². The van der Waals surface area contributed by atoms with Crippen molar-refractivity contribution in [2.24, 2.45) is 5.92 Å². The van der Waals surface area contributed by atoms with Gasteiger partial charge in [0.2, 0.25) is 10.0 Å². The largest absolute Gasteiger partial charge is 0.315 e. The molecule has 18 heavy (non-hydrogen) atoms. The minimum atomic E-state index is -3.29. The fourth-order valence-corrected chi connectivity index (χ4v) is 5.11. The van der Waals surface area contributed by atoms with Crippen molar-refractivity contribution >= 4 is 21.4 Å². The molecule has 2 rings (SSSR count). The van der Waals surface area contributed by atoms with Crippen LogP contribution in [0.2, 0.25) is 0 Å². The highest BCUT2D eigenvalue weighted by Crippen LogP contribution is 2.28. The Hall–Kier alpha value is -0.430. The van der Waals surface area contributed by atoms with Gasteiger partial charge in [-0.05, 0) is 37.3 Å². The summed E-state index contributed by atoms with van der Waals surface area (Å²) in [5.41, 5.74) is 0. The zero-order valence-electron chi connectivity index (χ0n) is 10.8. The van der Waals surface area contributed by atoms with Gasteiger partial charge in [-0.3, -0.25) is 0 Å². The van der Waals surface area contributed by atoms with Crippen LogP contribution in [0.5, 0.6) is 0 Å². The van der Waals surface area contributed by atoms with Crippen LogP contribution in [0, 0.1) is 5.92 Å². The third-order valence-electron chi connectivity index (χ3n) is 3.40. The number of piperidine rings is 1. The van der Waals surface area contributed by atoms with E-state index in [0.717, 1.165) is 17.7 Å².